The number of hydrogen-bond donors (Lipinski definition) is 0. The summed E-state index contributed by atoms with van der Waals surface area (Å²) >= 11 is 5.00. The average molecular weight is 295 g/mol. The van der Waals surface area contributed by atoms with E-state index in [0.717, 1.165) is 16.0 Å². The van der Waals surface area contributed by atoms with Crippen LogP contribution in [0.25, 0.3) is 0 Å². The Morgan fingerprint density at radius 1 is 1.25 bits per heavy atom. The zero-order valence-corrected chi connectivity index (χ0v) is 11.2. The summed E-state index contributed by atoms with van der Waals surface area (Å²) in [6.45, 7) is 2.03. The molecule has 0 radical (unpaired) electrons. The van der Waals surface area contributed by atoms with E-state index in [2.05, 4.69) is 15.9 Å². The highest BCUT2D eigenvalue weighted by molar-refractivity contribution is 9.09. The Morgan fingerprint density at radius 2 is 2.00 bits per heavy atom. The van der Waals surface area contributed by atoms with Crippen LogP contribution in [-0.4, -0.2) is 5.78 Å². The molecule has 1 atom stereocenters. The standard InChI is InChI=1S/C13H11BrOS/c1-9(14)10-5-2-3-6-11(10)13(15)12-7-4-8-16-12/h2-9H,1H3. The monoisotopic (exact) mass is 294 g/mol. The van der Waals surface area contributed by atoms with Crippen molar-refractivity contribution in [3.63, 3.8) is 0 Å². The van der Waals surface area contributed by atoms with E-state index in [1.165, 1.54) is 11.3 Å². The number of thiophene rings is 1. The van der Waals surface area contributed by atoms with Crippen LogP contribution in [0, 0.1) is 0 Å². The van der Waals surface area contributed by atoms with Crippen LogP contribution < -0.4 is 0 Å². The Kier molecular flexibility index (Phi) is 3.56. The first-order valence-electron chi connectivity index (χ1n) is 5.01. The second kappa shape index (κ2) is 4.93. The summed E-state index contributed by atoms with van der Waals surface area (Å²) in [7, 11) is 0. The van der Waals surface area contributed by atoms with Crippen LogP contribution in [0.5, 0.6) is 0 Å². The van der Waals surface area contributed by atoms with E-state index in [-0.39, 0.29) is 10.6 Å². The second-order valence-electron chi connectivity index (χ2n) is 3.51. The number of carbonyl (C=O) groups excluding carboxylic acids is 1. The molecule has 2 rings (SSSR count). The second-order valence-corrected chi connectivity index (χ2v) is 5.83. The fourth-order valence-electron chi connectivity index (χ4n) is 1.59. The third-order valence-electron chi connectivity index (χ3n) is 2.38. The van der Waals surface area contributed by atoms with E-state index in [9.17, 15) is 4.79 Å². The van der Waals surface area contributed by atoms with Crippen LogP contribution in [0.1, 0.15) is 32.5 Å². The van der Waals surface area contributed by atoms with Gasteiger partial charge >= 0.3 is 0 Å². The van der Waals surface area contributed by atoms with Gasteiger partial charge in [0.15, 0.2) is 0 Å². The largest absolute Gasteiger partial charge is 0.288 e. The highest BCUT2D eigenvalue weighted by Crippen LogP contribution is 2.27. The predicted molar refractivity (Wildman–Crippen MR) is 71.5 cm³/mol. The van der Waals surface area contributed by atoms with Crippen molar-refractivity contribution in [2.45, 2.75) is 11.8 Å². The van der Waals surface area contributed by atoms with Gasteiger partial charge in [-0.15, -0.1) is 11.3 Å². The normalized spacial score (nSPS) is 12.4. The van der Waals surface area contributed by atoms with Gasteiger partial charge in [0, 0.05) is 10.4 Å². The topological polar surface area (TPSA) is 17.1 Å². The highest BCUT2D eigenvalue weighted by atomic mass is 79.9. The third kappa shape index (κ3) is 2.25. The van der Waals surface area contributed by atoms with Crippen LogP contribution in [0.4, 0.5) is 0 Å². The quantitative estimate of drug-likeness (QED) is 0.604. The molecule has 0 saturated heterocycles. The first-order chi connectivity index (χ1) is 7.70. The van der Waals surface area contributed by atoms with Crippen molar-refractivity contribution in [1.82, 2.24) is 0 Å². The summed E-state index contributed by atoms with van der Waals surface area (Å²) in [6.07, 6.45) is 0. The van der Waals surface area contributed by atoms with Gasteiger partial charge in [-0.05, 0) is 23.9 Å². The van der Waals surface area contributed by atoms with Crippen molar-refractivity contribution in [3.05, 3.63) is 57.8 Å². The molecule has 0 fully saturated rings. The molecule has 0 spiro atoms. The van der Waals surface area contributed by atoms with Gasteiger partial charge in [-0.25, -0.2) is 0 Å². The van der Waals surface area contributed by atoms with E-state index in [4.69, 9.17) is 0 Å². The number of alkyl halides is 1. The lowest BCUT2D eigenvalue weighted by molar-refractivity contribution is 0.104. The molecular weight excluding hydrogens is 284 g/mol. The average Bonchev–Trinajstić information content (AvgIpc) is 2.81. The number of rotatable bonds is 3. The smallest absolute Gasteiger partial charge is 0.203 e. The van der Waals surface area contributed by atoms with Crippen LogP contribution in [0.15, 0.2) is 41.8 Å². The van der Waals surface area contributed by atoms with Crippen LogP contribution in [0.3, 0.4) is 0 Å². The third-order valence-corrected chi connectivity index (χ3v) is 3.74. The summed E-state index contributed by atoms with van der Waals surface area (Å²) in [5.41, 5.74) is 1.83. The van der Waals surface area contributed by atoms with Crippen molar-refractivity contribution < 1.29 is 4.79 Å². The lowest BCUT2D eigenvalue weighted by Gasteiger charge is -2.09. The number of carbonyl (C=O) groups is 1. The van der Waals surface area contributed by atoms with Gasteiger partial charge < -0.3 is 0 Å². The summed E-state index contributed by atoms with van der Waals surface area (Å²) in [4.78, 5) is 13.2. The van der Waals surface area contributed by atoms with E-state index in [1.54, 1.807) is 0 Å². The molecule has 0 bridgehead atoms. The Balaban J connectivity index is 2.44. The molecule has 0 saturated carbocycles. The van der Waals surface area contributed by atoms with Gasteiger partial charge in [-0.3, -0.25) is 4.79 Å². The lowest BCUT2D eigenvalue weighted by atomic mass is 10.0. The molecule has 1 unspecified atom stereocenters. The minimum absolute atomic E-state index is 0.108. The van der Waals surface area contributed by atoms with Gasteiger partial charge in [0.1, 0.15) is 0 Å². The van der Waals surface area contributed by atoms with Crippen LogP contribution >= 0.6 is 27.3 Å². The van der Waals surface area contributed by atoms with Gasteiger partial charge in [0.25, 0.3) is 0 Å². The molecule has 0 aliphatic rings. The van der Waals surface area contributed by atoms with Crippen molar-refractivity contribution >= 4 is 33.0 Å². The first-order valence-corrected chi connectivity index (χ1v) is 6.81. The Hall–Kier alpha value is -0.930. The number of halogens is 1. The highest BCUT2D eigenvalue weighted by Gasteiger charge is 2.15. The molecule has 1 aromatic heterocycles. The zero-order chi connectivity index (χ0) is 11.5. The number of benzene rings is 1. The summed E-state index contributed by atoms with van der Waals surface area (Å²) < 4.78 is 0. The molecule has 3 heteroatoms. The van der Waals surface area contributed by atoms with Gasteiger partial charge in [-0.2, -0.15) is 0 Å². The molecule has 2 aromatic rings. The van der Waals surface area contributed by atoms with Gasteiger partial charge in [0.05, 0.1) is 4.88 Å². The minimum Gasteiger partial charge on any atom is -0.288 e. The van der Waals surface area contributed by atoms with E-state index < -0.39 is 0 Å². The van der Waals surface area contributed by atoms with Crippen molar-refractivity contribution in [2.75, 3.05) is 0 Å². The maximum atomic E-state index is 12.2. The molecule has 1 aromatic carbocycles. The Labute approximate surface area is 107 Å². The van der Waals surface area contributed by atoms with Crippen LogP contribution in [-0.2, 0) is 0 Å². The van der Waals surface area contributed by atoms with E-state index in [0.29, 0.717) is 0 Å². The summed E-state index contributed by atoms with van der Waals surface area (Å²) in [6, 6.07) is 11.5. The van der Waals surface area contributed by atoms with Crippen LogP contribution in [0.2, 0.25) is 0 Å². The Bertz CT molecular complexity index is 488. The predicted octanol–water partition coefficient (Wildman–Crippen LogP) is 4.44. The van der Waals surface area contributed by atoms with E-state index in [1.807, 2.05) is 48.7 Å². The van der Waals surface area contributed by atoms with Crippen molar-refractivity contribution in [2.24, 2.45) is 0 Å². The molecular formula is C13H11BrOS. The summed E-state index contributed by atoms with van der Waals surface area (Å²) in [5, 5.41) is 1.92. The molecule has 0 N–H and O–H groups in total. The maximum absolute atomic E-state index is 12.2. The summed E-state index contributed by atoms with van der Waals surface area (Å²) in [5.74, 6) is 0.108. The fraction of sp³-hybridized carbons (Fsp3) is 0.154. The molecule has 0 amide bonds. The fourth-order valence-corrected chi connectivity index (χ4v) is 2.67. The molecule has 82 valence electrons. The lowest BCUT2D eigenvalue weighted by Crippen LogP contribution is -2.03. The number of hydrogen-bond acceptors (Lipinski definition) is 2. The zero-order valence-electron chi connectivity index (χ0n) is 8.81. The molecule has 1 nitrogen and oxygen atoms in total. The first kappa shape index (κ1) is 11.6. The van der Waals surface area contributed by atoms with E-state index >= 15 is 0 Å². The van der Waals surface area contributed by atoms with Gasteiger partial charge in [-0.1, -0.05) is 46.3 Å². The maximum Gasteiger partial charge on any atom is 0.203 e. The molecule has 0 aliphatic carbocycles. The van der Waals surface area contributed by atoms with Gasteiger partial charge in [0.2, 0.25) is 5.78 Å². The molecule has 1 heterocycles. The van der Waals surface area contributed by atoms with Crippen molar-refractivity contribution in [3.8, 4) is 0 Å². The Morgan fingerprint density at radius 3 is 2.62 bits per heavy atom. The number of ketones is 1. The van der Waals surface area contributed by atoms with Crippen molar-refractivity contribution in [1.29, 1.82) is 0 Å². The molecule has 0 aliphatic heterocycles. The molecule has 16 heavy (non-hydrogen) atoms. The SMILES string of the molecule is CC(Br)c1ccccc1C(=O)c1cccs1. The minimum atomic E-state index is 0.108.